The summed E-state index contributed by atoms with van der Waals surface area (Å²) in [7, 11) is 0. The molecule has 0 radical (unpaired) electrons. The number of furan rings is 1. The molecule has 2 heterocycles. The van der Waals surface area contributed by atoms with Crippen LogP contribution in [0.4, 0.5) is 8.78 Å². The monoisotopic (exact) mass is 309 g/mol. The quantitative estimate of drug-likeness (QED) is 0.484. The number of benzene rings is 1. The molecule has 0 spiro atoms. The highest BCUT2D eigenvalue weighted by atomic mass is 35.5. The van der Waals surface area contributed by atoms with Gasteiger partial charge < -0.3 is 9.15 Å². The van der Waals surface area contributed by atoms with Gasteiger partial charge in [0.25, 0.3) is 0 Å². The van der Waals surface area contributed by atoms with Crippen LogP contribution in [-0.4, -0.2) is 11.9 Å². The van der Waals surface area contributed by atoms with Crippen molar-refractivity contribution in [2.45, 2.75) is 0 Å². The first-order valence-electron chi connectivity index (χ1n) is 5.75. The molecule has 1 aliphatic rings. The van der Waals surface area contributed by atoms with Crippen LogP contribution < -0.4 is 0 Å². The number of cyclic esters (lactones) is 1. The fourth-order valence-electron chi connectivity index (χ4n) is 1.72. The Balaban J connectivity index is 2.01. The Bertz CT molecular complexity index is 782. The second kappa shape index (κ2) is 5.14. The van der Waals surface area contributed by atoms with Crippen molar-refractivity contribution < 1.29 is 22.7 Å². The fourth-order valence-corrected chi connectivity index (χ4v) is 1.95. The van der Waals surface area contributed by atoms with Crippen molar-refractivity contribution >= 4 is 29.5 Å². The van der Waals surface area contributed by atoms with Gasteiger partial charge in [-0.05, 0) is 24.3 Å². The zero-order valence-electron chi connectivity index (χ0n) is 10.3. The standard InChI is InChI=1S/C14H6ClF2NO3/c15-9-6-11(17)10(16)5-8(9)13-18-12(14(19)21-13)4-7-2-1-3-20-7/h1-6H. The Morgan fingerprint density at radius 2 is 2.00 bits per heavy atom. The Labute approximate surface area is 122 Å². The first-order chi connectivity index (χ1) is 10.0. The van der Waals surface area contributed by atoms with E-state index in [9.17, 15) is 13.6 Å². The maximum absolute atomic E-state index is 13.3. The fraction of sp³-hybridized carbons (Fsp3) is 0. The summed E-state index contributed by atoms with van der Waals surface area (Å²) in [6.45, 7) is 0. The van der Waals surface area contributed by atoms with Gasteiger partial charge in [0.2, 0.25) is 5.90 Å². The Morgan fingerprint density at radius 3 is 2.71 bits per heavy atom. The third kappa shape index (κ3) is 2.57. The van der Waals surface area contributed by atoms with Gasteiger partial charge in [0.15, 0.2) is 17.3 Å². The van der Waals surface area contributed by atoms with Crippen LogP contribution >= 0.6 is 11.6 Å². The number of hydrogen-bond acceptors (Lipinski definition) is 4. The number of halogens is 3. The molecule has 7 heteroatoms. The molecule has 0 amide bonds. The van der Waals surface area contributed by atoms with E-state index in [2.05, 4.69) is 4.99 Å². The molecule has 106 valence electrons. The number of hydrogen-bond donors (Lipinski definition) is 0. The molecule has 21 heavy (non-hydrogen) atoms. The van der Waals surface area contributed by atoms with Gasteiger partial charge in [-0.2, -0.15) is 0 Å². The van der Waals surface area contributed by atoms with Crippen LogP contribution in [0.5, 0.6) is 0 Å². The number of nitrogens with zero attached hydrogens (tertiary/aromatic N) is 1. The summed E-state index contributed by atoms with van der Waals surface area (Å²) >= 11 is 5.80. The van der Waals surface area contributed by atoms with Crippen LogP contribution in [0.25, 0.3) is 6.08 Å². The lowest BCUT2D eigenvalue weighted by Crippen LogP contribution is -2.07. The summed E-state index contributed by atoms with van der Waals surface area (Å²) in [5.41, 5.74) is -0.0347. The number of carbonyl (C=O) groups is 1. The predicted molar refractivity (Wildman–Crippen MR) is 70.7 cm³/mol. The molecule has 1 aliphatic heterocycles. The predicted octanol–water partition coefficient (Wildman–Crippen LogP) is 3.56. The number of esters is 1. The van der Waals surface area contributed by atoms with Gasteiger partial charge in [-0.15, -0.1) is 0 Å². The van der Waals surface area contributed by atoms with Crippen molar-refractivity contribution in [1.29, 1.82) is 0 Å². The third-order valence-electron chi connectivity index (χ3n) is 2.68. The van der Waals surface area contributed by atoms with Gasteiger partial charge >= 0.3 is 5.97 Å². The van der Waals surface area contributed by atoms with E-state index in [1.807, 2.05) is 0 Å². The number of aliphatic imine (C=N–C) groups is 1. The number of carbonyl (C=O) groups excluding carboxylic acids is 1. The molecule has 2 aromatic rings. The molecule has 0 atom stereocenters. The molecule has 0 unspecified atom stereocenters. The lowest BCUT2D eigenvalue weighted by atomic mass is 10.2. The number of ether oxygens (including phenoxy) is 1. The summed E-state index contributed by atoms with van der Waals surface area (Å²) in [5.74, 6) is -2.73. The van der Waals surface area contributed by atoms with Crippen LogP contribution in [0.3, 0.4) is 0 Å². The summed E-state index contributed by atoms with van der Waals surface area (Å²) in [5, 5.41) is -0.111. The van der Waals surface area contributed by atoms with E-state index in [0.717, 1.165) is 12.1 Å². The maximum Gasteiger partial charge on any atom is 0.363 e. The van der Waals surface area contributed by atoms with Crippen LogP contribution in [0.2, 0.25) is 5.02 Å². The van der Waals surface area contributed by atoms with E-state index in [1.54, 1.807) is 12.1 Å². The van der Waals surface area contributed by atoms with Crippen molar-refractivity contribution in [3.05, 3.63) is 64.2 Å². The van der Waals surface area contributed by atoms with E-state index < -0.39 is 17.6 Å². The zero-order chi connectivity index (χ0) is 15.0. The smallest absolute Gasteiger partial charge is 0.363 e. The summed E-state index contributed by atoms with van der Waals surface area (Å²) in [4.78, 5) is 15.6. The molecule has 0 fully saturated rings. The molecular formula is C14H6ClF2NO3. The minimum absolute atomic E-state index is 0.00763. The third-order valence-corrected chi connectivity index (χ3v) is 3.00. The molecule has 0 N–H and O–H groups in total. The Hall–Kier alpha value is -2.47. The van der Waals surface area contributed by atoms with E-state index >= 15 is 0 Å². The van der Waals surface area contributed by atoms with Crippen LogP contribution in [0.15, 0.2) is 45.6 Å². The first kappa shape index (κ1) is 13.5. The topological polar surface area (TPSA) is 51.8 Å². The average Bonchev–Trinajstić information content (AvgIpc) is 3.05. The minimum atomic E-state index is -1.11. The van der Waals surface area contributed by atoms with Crippen LogP contribution in [0, 0.1) is 11.6 Å². The van der Waals surface area contributed by atoms with Gasteiger partial charge in [-0.1, -0.05) is 11.6 Å². The van der Waals surface area contributed by atoms with Crippen molar-refractivity contribution in [2.24, 2.45) is 4.99 Å². The van der Waals surface area contributed by atoms with Gasteiger partial charge in [0, 0.05) is 6.08 Å². The lowest BCUT2D eigenvalue weighted by Gasteiger charge is -2.03. The second-order valence-corrected chi connectivity index (χ2v) is 4.50. The van der Waals surface area contributed by atoms with E-state index in [4.69, 9.17) is 20.8 Å². The largest absolute Gasteiger partial charge is 0.465 e. The van der Waals surface area contributed by atoms with Crippen LogP contribution in [-0.2, 0) is 9.53 Å². The van der Waals surface area contributed by atoms with Gasteiger partial charge in [0.05, 0.1) is 16.8 Å². The second-order valence-electron chi connectivity index (χ2n) is 4.10. The summed E-state index contributed by atoms with van der Waals surface area (Å²) in [6, 6.07) is 4.87. The van der Waals surface area contributed by atoms with E-state index in [1.165, 1.54) is 12.3 Å². The van der Waals surface area contributed by atoms with Crippen molar-refractivity contribution in [1.82, 2.24) is 0 Å². The van der Waals surface area contributed by atoms with Gasteiger partial charge in [-0.25, -0.2) is 18.6 Å². The van der Waals surface area contributed by atoms with Gasteiger partial charge in [-0.3, -0.25) is 0 Å². The Kier molecular flexibility index (Phi) is 3.31. The highest BCUT2D eigenvalue weighted by Crippen LogP contribution is 2.25. The average molecular weight is 310 g/mol. The van der Waals surface area contributed by atoms with Crippen LogP contribution in [0.1, 0.15) is 11.3 Å². The molecule has 3 rings (SSSR count). The summed E-state index contributed by atoms with van der Waals surface area (Å²) in [6.07, 6.45) is 2.80. The molecule has 0 saturated heterocycles. The lowest BCUT2D eigenvalue weighted by molar-refractivity contribution is -0.129. The molecule has 0 aliphatic carbocycles. The van der Waals surface area contributed by atoms with Gasteiger partial charge in [0.1, 0.15) is 5.76 Å². The minimum Gasteiger partial charge on any atom is -0.465 e. The Morgan fingerprint density at radius 1 is 1.24 bits per heavy atom. The normalized spacial score (nSPS) is 16.2. The van der Waals surface area contributed by atoms with Crippen molar-refractivity contribution in [2.75, 3.05) is 0 Å². The zero-order valence-corrected chi connectivity index (χ0v) is 11.0. The maximum atomic E-state index is 13.3. The number of rotatable bonds is 2. The molecule has 4 nitrogen and oxygen atoms in total. The SMILES string of the molecule is O=C1OC(c2cc(F)c(F)cc2Cl)=NC1=Cc1ccco1. The highest BCUT2D eigenvalue weighted by molar-refractivity contribution is 6.34. The van der Waals surface area contributed by atoms with E-state index in [-0.39, 0.29) is 22.2 Å². The highest BCUT2D eigenvalue weighted by Gasteiger charge is 2.27. The molecule has 1 aromatic heterocycles. The molecule has 0 bridgehead atoms. The molecule has 1 aromatic carbocycles. The summed E-state index contributed by atoms with van der Waals surface area (Å²) < 4.78 is 36.2. The van der Waals surface area contributed by atoms with Crippen molar-refractivity contribution in [3.63, 3.8) is 0 Å². The molecular weight excluding hydrogens is 304 g/mol. The van der Waals surface area contributed by atoms with Crippen molar-refractivity contribution in [3.8, 4) is 0 Å². The molecule has 0 saturated carbocycles. The first-order valence-corrected chi connectivity index (χ1v) is 6.13. The van der Waals surface area contributed by atoms with E-state index in [0.29, 0.717) is 5.76 Å².